The molecule has 5 nitrogen and oxygen atoms in total. The first-order valence-electron chi connectivity index (χ1n) is 8.63. The Kier molecular flexibility index (Phi) is 5.71. The van der Waals surface area contributed by atoms with Crippen molar-refractivity contribution in [1.82, 2.24) is 9.88 Å². The largest absolute Gasteiger partial charge is 0.486 e. The number of ether oxygens (including phenoxy) is 1. The number of aliphatic hydroxyl groups is 1. The standard InChI is InChI=1S/C19H24N2O3S/c1-13(2)19(23)21(16-5-6-16)9-14-3-7-17(8-4-14)24-11-18-20-15(10-22)12-25-18/h3-4,7-8,12-13,16,22H,5-6,9-11H2,1-2H3. The highest BCUT2D eigenvalue weighted by atomic mass is 32.1. The van der Waals surface area contributed by atoms with Gasteiger partial charge in [-0.2, -0.15) is 0 Å². The van der Waals surface area contributed by atoms with Gasteiger partial charge in [-0.15, -0.1) is 11.3 Å². The molecular weight excluding hydrogens is 336 g/mol. The molecule has 25 heavy (non-hydrogen) atoms. The van der Waals surface area contributed by atoms with Crippen LogP contribution in [0.25, 0.3) is 0 Å². The highest BCUT2D eigenvalue weighted by Gasteiger charge is 2.33. The third-order valence-electron chi connectivity index (χ3n) is 4.16. The van der Waals surface area contributed by atoms with Crippen LogP contribution in [0.4, 0.5) is 0 Å². The molecule has 1 saturated carbocycles. The number of aromatic nitrogens is 1. The predicted octanol–water partition coefficient (Wildman–Crippen LogP) is 3.36. The van der Waals surface area contributed by atoms with Gasteiger partial charge in [-0.25, -0.2) is 4.98 Å². The zero-order chi connectivity index (χ0) is 17.8. The van der Waals surface area contributed by atoms with Crippen molar-refractivity contribution in [3.8, 4) is 5.75 Å². The molecule has 1 aromatic carbocycles. The van der Waals surface area contributed by atoms with E-state index in [0.29, 0.717) is 24.9 Å². The number of amides is 1. The van der Waals surface area contributed by atoms with Crippen molar-refractivity contribution in [3.05, 3.63) is 45.9 Å². The second-order valence-electron chi connectivity index (χ2n) is 6.68. The Balaban J connectivity index is 1.56. The summed E-state index contributed by atoms with van der Waals surface area (Å²) in [6.45, 7) is 4.92. The minimum Gasteiger partial charge on any atom is -0.486 e. The molecule has 1 heterocycles. The number of aliphatic hydroxyl groups excluding tert-OH is 1. The van der Waals surface area contributed by atoms with Crippen molar-refractivity contribution >= 4 is 17.2 Å². The number of carbonyl (C=O) groups excluding carboxylic acids is 1. The lowest BCUT2D eigenvalue weighted by Crippen LogP contribution is -2.35. The summed E-state index contributed by atoms with van der Waals surface area (Å²) in [4.78, 5) is 18.6. The number of thiazole rings is 1. The van der Waals surface area contributed by atoms with Crippen LogP contribution in [0.5, 0.6) is 5.75 Å². The normalized spacial score (nSPS) is 13.9. The number of rotatable bonds is 8. The molecule has 1 aliphatic rings. The van der Waals surface area contributed by atoms with Gasteiger partial charge in [-0.05, 0) is 30.5 Å². The second-order valence-corrected chi connectivity index (χ2v) is 7.62. The Labute approximate surface area is 152 Å². The van der Waals surface area contributed by atoms with Gasteiger partial charge in [0.2, 0.25) is 5.91 Å². The van der Waals surface area contributed by atoms with E-state index in [1.807, 2.05) is 48.4 Å². The molecule has 3 rings (SSSR count). The maximum atomic E-state index is 12.4. The number of nitrogens with zero attached hydrogens (tertiary/aromatic N) is 2. The SMILES string of the molecule is CC(C)C(=O)N(Cc1ccc(OCc2nc(CO)cs2)cc1)C1CC1. The minimum atomic E-state index is -0.0439. The first kappa shape index (κ1) is 17.9. The van der Waals surface area contributed by atoms with Crippen LogP contribution in [-0.2, 0) is 24.6 Å². The topological polar surface area (TPSA) is 62.7 Å². The van der Waals surface area contributed by atoms with Gasteiger partial charge >= 0.3 is 0 Å². The van der Waals surface area contributed by atoms with Gasteiger partial charge in [0.25, 0.3) is 0 Å². The van der Waals surface area contributed by atoms with E-state index >= 15 is 0 Å². The number of hydrogen-bond donors (Lipinski definition) is 1. The Morgan fingerprint density at radius 3 is 2.64 bits per heavy atom. The molecule has 0 spiro atoms. The van der Waals surface area contributed by atoms with E-state index in [1.165, 1.54) is 11.3 Å². The molecule has 1 fully saturated rings. The quantitative estimate of drug-likeness (QED) is 0.784. The van der Waals surface area contributed by atoms with E-state index in [1.54, 1.807) is 0 Å². The smallest absolute Gasteiger partial charge is 0.225 e. The Morgan fingerprint density at radius 2 is 2.08 bits per heavy atom. The average Bonchev–Trinajstić information content (AvgIpc) is 3.36. The van der Waals surface area contributed by atoms with E-state index in [0.717, 1.165) is 29.2 Å². The first-order chi connectivity index (χ1) is 12.1. The Morgan fingerprint density at radius 1 is 1.36 bits per heavy atom. The zero-order valence-electron chi connectivity index (χ0n) is 14.6. The van der Waals surface area contributed by atoms with Crippen molar-refractivity contribution in [3.63, 3.8) is 0 Å². The molecule has 0 bridgehead atoms. The highest BCUT2D eigenvalue weighted by molar-refractivity contribution is 7.09. The van der Waals surface area contributed by atoms with Crippen LogP contribution in [0.3, 0.4) is 0 Å². The molecule has 0 radical (unpaired) electrons. The summed E-state index contributed by atoms with van der Waals surface area (Å²) in [5.41, 5.74) is 1.79. The summed E-state index contributed by atoms with van der Waals surface area (Å²) in [5, 5.41) is 11.7. The molecule has 0 saturated heterocycles. The van der Waals surface area contributed by atoms with Gasteiger partial charge in [0, 0.05) is 23.9 Å². The summed E-state index contributed by atoms with van der Waals surface area (Å²) in [6.07, 6.45) is 2.23. The van der Waals surface area contributed by atoms with Gasteiger partial charge in [0.15, 0.2) is 0 Å². The molecule has 2 aromatic rings. The number of hydrogen-bond acceptors (Lipinski definition) is 5. The fraction of sp³-hybridized carbons (Fsp3) is 0.474. The summed E-state index contributed by atoms with van der Waals surface area (Å²) < 4.78 is 5.74. The number of benzene rings is 1. The van der Waals surface area contributed by atoms with Gasteiger partial charge in [0.05, 0.1) is 12.3 Å². The van der Waals surface area contributed by atoms with Crippen LogP contribution < -0.4 is 4.74 Å². The molecule has 0 atom stereocenters. The summed E-state index contributed by atoms with van der Waals surface area (Å²) in [7, 11) is 0. The van der Waals surface area contributed by atoms with Gasteiger partial charge < -0.3 is 14.7 Å². The van der Waals surface area contributed by atoms with Crippen molar-refractivity contribution in [2.45, 2.75) is 52.5 Å². The van der Waals surface area contributed by atoms with Crippen LogP contribution in [0.1, 0.15) is 43.0 Å². The molecule has 0 aliphatic heterocycles. The third kappa shape index (κ3) is 4.80. The lowest BCUT2D eigenvalue weighted by Gasteiger charge is -2.24. The molecule has 6 heteroatoms. The van der Waals surface area contributed by atoms with Crippen LogP contribution in [0.15, 0.2) is 29.6 Å². The molecular formula is C19H24N2O3S. The van der Waals surface area contributed by atoms with Crippen LogP contribution >= 0.6 is 11.3 Å². The lowest BCUT2D eigenvalue weighted by molar-refractivity contribution is -0.135. The summed E-state index contributed by atoms with van der Waals surface area (Å²) >= 11 is 1.48. The predicted molar refractivity (Wildman–Crippen MR) is 97.2 cm³/mol. The summed E-state index contributed by atoms with van der Waals surface area (Å²) in [6, 6.07) is 8.30. The maximum absolute atomic E-state index is 12.4. The third-order valence-corrected chi connectivity index (χ3v) is 5.04. The lowest BCUT2D eigenvalue weighted by atomic mass is 10.1. The van der Waals surface area contributed by atoms with E-state index in [9.17, 15) is 4.79 Å². The van der Waals surface area contributed by atoms with Crippen LogP contribution in [0.2, 0.25) is 0 Å². The summed E-state index contributed by atoms with van der Waals surface area (Å²) in [5.74, 6) is 1.04. The molecule has 1 aromatic heterocycles. The first-order valence-corrected chi connectivity index (χ1v) is 9.51. The van der Waals surface area contributed by atoms with E-state index in [2.05, 4.69) is 4.98 Å². The van der Waals surface area contributed by atoms with Crippen molar-refractivity contribution < 1.29 is 14.6 Å². The van der Waals surface area contributed by atoms with Gasteiger partial charge in [-0.3, -0.25) is 4.79 Å². The highest BCUT2D eigenvalue weighted by Crippen LogP contribution is 2.30. The molecule has 0 unspecified atom stereocenters. The molecule has 1 N–H and O–H groups in total. The Hall–Kier alpha value is -1.92. The van der Waals surface area contributed by atoms with Crippen molar-refractivity contribution in [2.24, 2.45) is 5.92 Å². The molecule has 1 aliphatic carbocycles. The molecule has 134 valence electrons. The van der Waals surface area contributed by atoms with E-state index < -0.39 is 0 Å². The Bertz CT molecular complexity index is 708. The van der Waals surface area contributed by atoms with Crippen molar-refractivity contribution in [2.75, 3.05) is 0 Å². The minimum absolute atomic E-state index is 0.0327. The van der Waals surface area contributed by atoms with E-state index in [4.69, 9.17) is 9.84 Å². The maximum Gasteiger partial charge on any atom is 0.225 e. The fourth-order valence-corrected chi connectivity index (χ4v) is 3.32. The fourth-order valence-electron chi connectivity index (χ4n) is 2.63. The van der Waals surface area contributed by atoms with Gasteiger partial charge in [0.1, 0.15) is 17.4 Å². The monoisotopic (exact) mass is 360 g/mol. The number of carbonyl (C=O) groups is 1. The van der Waals surface area contributed by atoms with Crippen LogP contribution in [0, 0.1) is 5.92 Å². The van der Waals surface area contributed by atoms with E-state index in [-0.39, 0.29) is 18.4 Å². The van der Waals surface area contributed by atoms with Crippen molar-refractivity contribution in [1.29, 1.82) is 0 Å². The molecule has 1 amide bonds. The zero-order valence-corrected chi connectivity index (χ0v) is 15.5. The average molecular weight is 360 g/mol. The van der Waals surface area contributed by atoms with Crippen LogP contribution in [-0.4, -0.2) is 26.9 Å². The second kappa shape index (κ2) is 7.97. The van der Waals surface area contributed by atoms with Gasteiger partial charge in [-0.1, -0.05) is 26.0 Å².